The second kappa shape index (κ2) is 5.28. The Hall–Kier alpha value is -2.82. The number of nitrogen functional groups attached to an aromatic ring is 1. The highest BCUT2D eigenvalue weighted by atomic mass is 16.3. The maximum Gasteiger partial charge on any atom is 0.270 e. The molecule has 0 aliphatic heterocycles. The summed E-state index contributed by atoms with van der Waals surface area (Å²) in [6.07, 6.45) is 1.57. The number of aryl methyl sites for hydroxylation is 1. The number of nitrogens with two attached hydrogens (primary N) is 1. The van der Waals surface area contributed by atoms with E-state index in [-0.39, 0.29) is 5.91 Å². The molecule has 0 aliphatic rings. The van der Waals surface area contributed by atoms with Crippen LogP contribution >= 0.6 is 0 Å². The van der Waals surface area contributed by atoms with E-state index in [1.807, 2.05) is 31.2 Å². The highest BCUT2D eigenvalue weighted by molar-refractivity contribution is 6.08. The molecule has 1 amide bonds. The Labute approximate surface area is 121 Å². The van der Waals surface area contributed by atoms with Gasteiger partial charge in [-0.3, -0.25) is 4.79 Å². The van der Waals surface area contributed by atoms with Gasteiger partial charge in [-0.05, 0) is 31.2 Å². The molecule has 3 rings (SSSR count). The summed E-state index contributed by atoms with van der Waals surface area (Å²) in [6, 6.07) is 10.9. The van der Waals surface area contributed by atoms with Crippen LogP contribution in [0, 0.1) is 6.92 Å². The third kappa shape index (κ3) is 2.58. The fourth-order valence-corrected chi connectivity index (χ4v) is 2.27. The lowest BCUT2D eigenvalue weighted by molar-refractivity contribution is 0.0944. The Bertz CT molecular complexity index is 795. The van der Waals surface area contributed by atoms with Crippen LogP contribution in [0.5, 0.6) is 0 Å². The van der Waals surface area contributed by atoms with Gasteiger partial charge in [0.15, 0.2) is 0 Å². The molecule has 0 radical (unpaired) electrons. The lowest BCUT2D eigenvalue weighted by Gasteiger charge is -2.09. The van der Waals surface area contributed by atoms with Gasteiger partial charge in [-0.1, -0.05) is 12.1 Å². The quantitative estimate of drug-likeness (QED) is 0.723. The van der Waals surface area contributed by atoms with E-state index in [0.29, 0.717) is 23.7 Å². The van der Waals surface area contributed by atoms with Crippen LogP contribution in [-0.4, -0.2) is 10.9 Å². The third-order valence-electron chi connectivity index (χ3n) is 3.25. The maximum atomic E-state index is 12.4. The minimum atomic E-state index is -0.245. The molecule has 3 aromatic rings. The van der Waals surface area contributed by atoms with Gasteiger partial charge in [0, 0.05) is 22.2 Å². The highest BCUT2D eigenvalue weighted by Crippen LogP contribution is 2.24. The number of benzene rings is 1. The number of aromatic nitrogens is 1. The molecule has 0 unspecified atom stereocenters. The first-order valence-electron chi connectivity index (χ1n) is 6.61. The van der Waals surface area contributed by atoms with Gasteiger partial charge in [0.25, 0.3) is 5.91 Å². The Morgan fingerprint density at radius 3 is 2.90 bits per heavy atom. The van der Waals surface area contributed by atoms with Crippen molar-refractivity contribution in [2.24, 2.45) is 0 Å². The molecule has 0 atom stereocenters. The fourth-order valence-electron chi connectivity index (χ4n) is 2.27. The molecule has 5 nitrogen and oxygen atoms in total. The van der Waals surface area contributed by atoms with Gasteiger partial charge < -0.3 is 15.5 Å². The Morgan fingerprint density at radius 2 is 2.14 bits per heavy atom. The molecule has 3 N–H and O–H groups in total. The number of rotatable bonds is 3. The van der Waals surface area contributed by atoms with Gasteiger partial charge in [0.05, 0.1) is 12.8 Å². The number of anilines is 1. The molecule has 1 aromatic carbocycles. The molecule has 0 bridgehead atoms. The topological polar surface area (TPSA) is 81.2 Å². The summed E-state index contributed by atoms with van der Waals surface area (Å²) >= 11 is 0. The van der Waals surface area contributed by atoms with Crippen molar-refractivity contribution in [2.45, 2.75) is 13.5 Å². The molecule has 0 aliphatic carbocycles. The van der Waals surface area contributed by atoms with E-state index in [1.165, 1.54) is 0 Å². The number of pyridine rings is 1. The van der Waals surface area contributed by atoms with E-state index < -0.39 is 0 Å². The van der Waals surface area contributed by atoms with E-state index in [2.05, 4.69) is 10.3 Å². The van der Waals surface area contributed by atoms with Crippen molar-refractivity contribution in [3.8, 4) is 0 Å². The summed E-state index contributed by atoms with van der Waals surface area (Å²) in [5.41, 5.74) is 7.74. The van der Waals surface area contributed by atoms with E-state index in [0.717, 1.165) is 16.5 Å². The monoisotopic (exact) mass is 281 g/mol. The van der Waals surface area contributed by atoms with Crippen molar-refractivity contribution in [1.29, 1.82) is 0 Å². The molecular weight excluding hydrogens is 266 g/mol. The van der Waals surface area contributed by atoms with Crippen LogP contribution in [0.3, 0.4) is 0 Å². The Kier molecular flexibility index (Phi) is 3.31. The molecule has 21 heavy (non-hydrogen) atoms. The smallest absolute Gasteiger partial charge is 0.270 e. The average Bonchev–Trinajstić information content (AvgIpc) is 2.98. The molecule has 0 saturated carbocycles. The number of carbonyl (C=O) groups excluding carboxylic acids is 1. The van der Waals surface area contributed by atoms with Crippen molar-refractivity contribution < 1.29 is 9.21 Å². The van der Waals surface area contributed by atoms with Crippen molar-refractivity contribution in [2.75, 3.05) is 5.73 Å². The van der Waals surface area contributed by atoms with Crippen LogP contribution in [-0.2, 0) is 6.54 Å². The molecule has 0 fully saturated rings. The molecular formula is C16H15N3O2. The third-order valence-corrected chi connectivity index (χ3v) is 3.25. The average molecular weight is 281 g/mol. The van der Waals surface area contributed by atoms with Crippen LogP contribution in [0.25, 0.3) is 10.8 Å². The first-order chi connectivity index (χ1) is 10.1. The number of furan rings is 1. The van der Waals surface area contributed by atoms with Crippen LogP contribution in [0.2, 0.25) is 0 Å². The van der Waals surface area contributed by atoms with Gasteiger partial charge in [0.2, 0.25) is 0 Å². The van der Waals surface area contributed by atoms with E-state index >= 15 is 0 Å². The highest BCUT2D eigenvalue weighted by Gasteiger charge is 2.14. The number of carbonyl (C=O) groups is 1. The first kappa shape index (κ1) is 13.2. The Balaban J connectivity index is 1.95. The molecule has 2 heterocycles. The summed E-state index contributed by atoms with van der Waals surface area (Å²) in [5, 5.41) is 4.39. The molecule has 2 aromatic heterocycles. The molecule has 0 saturated heterocycles. The fraction of sp³-hybridized carbons (Fsp3) is 0.125. The minimum absolute atomic E-state index is 0.245. The predicted molar refractivity (Wildman–Crippen MR) is 80.8 cm³/mol. The zero-order valence-corrected chi connectivity index (χ0v) is 11.6. The summed E-state index contributed by atoms with van der Waals surface area (Å²) in [6.45, 7) is 2.17. The van der Waals surface area contributed by atoms with Gasteiger partial charge >= 0.3 is 0 Å². The lowest BCUT2D eigenvalue weighted by atomic mass is 10.1. The summed E-state index contributed by atoms with van der Waals surface area (Å²) in [4.78, 5) is 16.7. The number of hydrogen-bond donors (Lipinski definition) is 2. The number of nitrogens with zero attached hydrogens (tertiary/aromatic N) is 1. The Morgan fingerprint density at radius 1 is 1.29 bits per heavy atom. The van der Waals surface area contributed by atoms with Crippen LogP contribution in [0.1, 0.15) is 21.9 Å². The molecule has 0 spiro atoms. The summed E-state index contributed by atoms with van der Waals surface area (Å²) in [7, 11) is 0. The number of amides is 1. The minimum Gasteiger partial charge on any atom is -0.467 e. The second-order valence-electron chi connectivity index (χ2n) is 4.82. The largest absolute Gasteiger partial charge is 0.467 e. The summed E-state index contributed by atoms with van der Waals surface area (Å²) in [5.74, 6) is 0.450. The predicted octanol–water partition coefficient (Wildman–Crippen LogP) is 2.65. The van der Waals surface area contributed by atoms with Gasteiger partial charge in [0.1, 0.15) is 11.5 Å². The zero-order chi connectivity index (χ0) is 14.8. The van der Waals surface area contributed by atoms with Crippen molar-refractivity contribution in [3.63, 3.8) is 0 Å². The van der Waals surface area contributed by atoms with Gasteiger partial charge in [-0.25, -0.2) is 4.98 Å². The van der Waals surface area contributed by atoms with E-state index in [9.17, 15) is 4.79 Å². The van der Waals surface area contributed by atoms with E-state index in [4.69, 9.17) is 10.2 Å². The maximum absolute atomic E-state index is 12.4. The molecule has 5 heteroatoms. The van der Waals surface area contributed by atoms with Crippen molar-refractivity contribution >= 4 is 22.4 Å². The second-order valence-corrected chi connectivity index (χ2v) is 4.82. The van der Waals surface area contributed by atoms with Crippen molar-refractivity contribution in [3.05, 3.63) is 59.8 Å². The van der Waals surface area contributed by atoms with Crippen molar-refractivity contribution in [1.82, 2.24) is 10.3 Å². The number of fused-ring (bicyclic) bond motifs is 1. The lowest BCUT2D eigenvalue weighted by Crippen LogP contribution is -2.24. The number of hydrogen-bond acceptors (Lipinski definition) is 4. The van der Waals surface area contributed by atoms with Gasteiger partial charge in [-0.15, -0.1) is 0 Å². The van der Waals surface area contributed by atoms with Crippen LogP contribution in [0.4, 0.5) is 5.69 Å². The first-order valence-corrected chi connectivity index (χ1v) is 6.61. The molecule has 106 valence electrons. The number of nitrogens with one attached hydrogen (secondary N) is 1. The van der Waals surface area contributed by atoms with E-state index in [1.54, 1.807) is 18.4 Å². The SMILES string of the molecule is Cc1cc2c(N)cccc2c(C(=O)NCc2ccco2)n1. The van der Waals surface area contributed by atoms with Crippen LogP contribution < -0.4 is 11.1 Å². The standard InChI is InChI=1S/C16H15N3O2/c1-10-8-13-12(5-2-6-14(13)17)15(19-10)16(20)18-9-11-4-3-7-21-11/h2-8H,9,17H2,1H3,(H,18,20). The summed E-state index contributed by atoms with van der Waals surface area (Å²) < 4.78 is 5.19. The van der Waals surface area contributed by atoms with Gasteiger partial charge in [-0.2, -0.15) is 0 Å². The van der Waals surface area contributed by atoms with Crippen LogP contribution in [0.15, 0.2) is 47.1 Å². The normalized spacial score (nSPS) is 10.7. The zero-order valence-electron chi connectivity index (χ0n) is 11.6.